The lowest BCUT2D eigenvalue weighted by Gasteiger charge is -2.14. The van der Waals surface area contributed by atoms with Crippen molar-refractivity contribution in [1.29, 1.82) is 0 Å². The summed E-state index contributed by atoms with van der Waals surface area (Å²) in [5.74, 6) is 1.99. The Bertz CT molecular complexity index is 258. The molecule has 0 unspecified atom stereocenters. The first-order chi connectivity index (χ1) is 7.41. The zero-order valence-electron chi connectivity index (χ0n) is 11.7. The molecule has 92 valence electrons. The normalized spacial score (nSPS) is 17.6. The quantitative estimate of drug-likeness (QED) is 0.683. The molecule has 0 fully saturated rings. The van der Waals surface area contributed by atoms with Gasteiger partial charge in [0.2, 0.25) is 0 Å². The Labute approximate surface area is 101 Å². The predicted octanol–water partition coefficient (Wildman–Crippen LogP) is 3.73. The standard InChI is InChI=1S/C15H27N/c1-11(2)14-9-13(7-8-16(5)6)10-15(14)12(3)4/h9-13H,7-8H2,1-6H3. The molecule has 1 aliphatic rings. The van der Waals surface area contributed by atoms with E-state index < -0.39 is 0 Å². The first-order valence-electron chi connectivity index (χ1n) is 6.50. The van der Waals surface area contributed by atoms with E-state index >= 15 is 0 Å². The second-order valence-corrected chi connectivity index (χ2v) is 5.81. The highest BCUT2D eigenvalue weighted by molar-refractivity contribution is 5.41. The molecule has 0 N–H and O–H groups in total. The van der Waals surface area contributed by atoms with Gasteiger partial charge in [-0.2, -0.15) is 0 Å². The van der Waals surface area contributed by atoms with Crippen LogP contribution in [0.25, 0.3) is 0 Å². The van der Waals surface area contributed by atoms with Gasteiger partial charge in [-0.05, 0) is 56.0 Å². The number of hydrogen-bond acceptors (Lipinski definition) is 1. The molecule has 1 heteroatoms. The van der Waals surface area contributed by atoms with Gasteiger partial charge in [0.1, 0.15) is 0 Å². The van der Waals surface area contributed by atoms with Gasteiger partial charge in [-0.15, -0.1) is 0 Å². The second-order valence-electron chi connectivity index (χ2n) is 5.81. The fourth-order valence-corrected chi connectivity index (χ4v) is 2.33. The Kier molecular flexibility index (Phi) is 4.79. The monoisotopic (exact) mass is 221 g/mol. The molecule has 0 aromatic heterocycles. The Balaban J connectivity index is 2.70. The Morgan fingerprint density at radius 2 is 1.44 bits per heavy atom. The largest absolute Gasteiger partial charge is 0.309 e. The summed E-state index contributed by atoms with van der Waals surface area (Å²) in [7, 11) is 4.30. The molecule has 0 aromatic carbocycles. The lowest BCUT2D eigenvalue weighted by Crippen LogP contribution is -2.14. The molecule has 0 aliphatic heterocycles. The summed E-state index contributed by atoms with van der Waals surface area (Å²) in [6.07, 6.45) is 6.23. The molecular formula is C15H27N. The van der Waals surface area contributed by atoms with Crippen molar-refractivity contribution < 1.29 is 0 Å². The van der Waals surface area contributed by atoms with Crippen molar-refractivity contribution in [1.82, 2.24) is 4.90 Å². The van der Waals surface area contributed by atoms with Gasteiger partial charge in [0.05, 0.1) is 0 Å². The molecule has 0 aromatic rings. The Hall–Kier alpha value is -0.560. The van der Waals surface area contributed by atoms with E-state index in [4.69, 9.17) is 0 Å². The van der Waals surface area contributed by atoms with Crippen molar-refractivity contribution in [2.75, 3.05) is 20.6 Å². The highest BCUT2D eigenvalue weighted by Crippen LogP contribution is 2.35. The number of rotatable bonds is 5. The van der Waals surface area contributed by atoms with E-state index in [1.165, 1.54) is 13.0 Å². The van der Waals surface area contributed by atoms with E-state index in [0.717, 1.165) is 0 Å². The van der Waals surface area contributed by atoms with E-state index in [1.807, 2.05) is 0 Å². The summed E-state index contributed by atoms with van der Waals surface area (Å²) in [6, 6.07) is 0. The molecule has 0 saturated heterocycles. The van der Waals surface area contributed by atoms with Gasteiger partial charge < -0.3 is 4.90 Å². The van der Waals surface area contributed by atoms with Crippen molar-refractivity contribution in [3.8, 4) is 0 Å². The van der Waals surface area contributed by atoms with Gasteiger partial charge in [0.25, 0.3) is 0 Å². The predicted molar refractivity (Wildman–Crippen MR) is 72.5 cm³/mol. The van der Waals surface area contributed by atoms with Gasteiger partial charge in [-0.3, -0.25) is 0 Å². The topological polar surface area (TPSA) is 3.24 Å². The minimum absolute atomic E-state index is 0.664. The zero-order chi connectivity index (χ0) is 12.3. The SMILES string of the molecule is CC(C)C1=CC(CCN(C)C)C=C1C(C)C. The van der Waals surface area contributed by atoms with Crippen LogP contribution in [0.2, 0.25) is 0 Å². The molecule has 16 heavy (non-hydrogen) atoms. The van der Waals surface area contributed by atoms with Crippen molar-refractivity contribution in [2.24, 2.45) is 17.8 Å². The summed E-state index contributed by atoms with van der Waals surface area (Å²) in [4.78, 5) is 2.27. The van der Waals surface area contributed by atoms with Crippen LogP contribution in [0.1, 0.15) is 34.1 Å². The van der Waals surface area contributed by atoms with E-state index in [-0.39, 0.29) is 0 Å². The van der Waals surface area contributed by atoms with Gasteiger partial charge in [0.15, 0.2) is 0 Å². The summed E-state index contributed by atoms with van der Waals surface area (Å²) < 4.78 is 0. The maximum Gasteiger partial charge on any atom is -0.00162 e. The van der Waals surface area contributed by atoms with Gasteiger partial charge >= 0.3 is 0 Å². The summed E-state index contributed by atoms with van der Waals surface area (Å²) >= 11 is 0. The fraction of sp³-hybridized carbons (Fsp3) is 0.733. The molecule has 1 aliphatic carbocycles. The number of allylic oxidation sites excluding steroid dienone is 4. The lowest BCUT2D eigenvalue weighted by atomic mass is 9.91. The molecular weight excluding hydrogens is 194 g/mol. The summed E-state index contributed by atoms with van der Waals surface area (Å²) in [5.41, 5.74) is 3.16. The van der Waals surface area contributed by atoms with E-state index in [9.17, 15) is 0 Å². The average molecular weight is 221 g/mol. The van der Waals surface area contributed by atoms with Gasteiger partial charge in [0, 0.05) is 0 Å². The lowest BCUT2D eigenvalue weighted by molar-refractivity contribution is 0.387. The van der Waals surface area contributed by atoms with Crippen LogP contribution in [0.4, 0.5) is 0 Å². The summed E-state index contributed by atoms with van der Waals surface area (Å²) in [6.45, 7) is 10.4. The van der Waals surface area contributed by atoms with Gasteiger partial charge in [-0.25, -0.2) is 0 Å². The average Bonchev–Trinajstić information content (AvgIpc) is 2.58. The Morgan fingerprint density at radius 3 is 1.75 bits per heavy atom. The highest BCUT2D eigenvalue weighted by atomic mass is 15.0. The van der Waals surface area contributed by atoms with Crippen LogP contribution in [0.3, 0.4) is 0 Å². The van der Waals surface area contributed by atoms with Crippen LogP contribution >= 0.6 is 0 Å². The molecule has 0 spiro atoms. The van der Waals surface area contributed by atoms with Gasteiger partial charge in [-0.1, -0.05) is 39.8 Å². The third-order valence-corrected chi connectivity index (χ3v) is 3.27. The third kappa shape index (κ3) is 3.48. The maximum absolute atomic E-state index is 2.49. The van der Waals surface area contributed by atoms with Crippen molar-refractivity contribution in [3.05, 3.63) is 23.3 Å². The molecule has 0 bridgehead atoms. The molecule has 1 rings (SSSR count). The molecule has 0 heterocycles. The fourth-order valence-electron chi connectivity index (χ4n) is 2.33. The van der Waals surface area contributed by atoms with Crippen LogP contribution in [0.15, 0.2) is 23.3 Å². The Morgan fingerprint density at radius 1 is 1.00 bits per heavy atom. The maximum atomic E-state index is 2.49. The van der Waals surface area contributed by atoms with Crippen LogP contribution in [0.5, 0.6) is 0 Å². The molecule has 0 saturated carbocycles. The van der Waals surface area contributed by atoms with Crippen molar-refractivity contribution >= 4 is 0 Å². The van der Waals surface area contributed by atoms with Crippen LogP contribution in [-0.2, 0) is 0 Å². The molecule has 1 nitrogen and oxygen atoms in total. The zero-order valence-corrected chi connectivity index (χ0v) is 11.7. The van der Waals surface area contributed by atoms with Crippen LogP contribution < -0.4 is 0 Å². The van der Waals surface area contributed by atoms with Crippen molar-refractivity contribution in [2.45, 2.75) is 34.1 Å². The first kappa shape index (κ1) is 13.5. The van der Waals surface area contributed by atoms with Crippen LogP contribution in [-0.4, -0.2) is 25.5 Å². The molecule has 0 amide bonds. The van der Waals surface area contributed by atoms with Crippen molar-refractivity contribution in [3.63, 3.8) is 0 Å². The number of hydrogen-bond donors (Lipinski definition) is 0. The van der Waals surface area contributed by atoms with E-state index in [1.54, 1.807) is 11.1 Å². The van der Waals surface area contributed by atoms with Crippen LogP contribution in [0, 0.1) is 17.8 Å². The van der Waals surface area contributed by atoms with E-state index in [2.05, 4.69) is 58.8 Å². The second kappa shape index (κ2) is 5.67. The third-order valence-electron chi connectivity index (χ3n) is 3.27. The van der Waals surface area contributed by atoms with E-state index in [0.29, 0.717) is 17.8 Å². The summed E-state index contributed by atoms with van der Waals surface area (Å²) in [5, 5.41) is 0. The number of nitrogens with zero attached hydrogens (tertiary/aromatic N) is 1. The molecule has 0 atom stereocenters. The molecule has 0 radical (unpaired) electrons. The minimum Gasteiger partial charge on any atom is -0.309 e. The minimum atomic E-state index is 0.664. The first-order valence-corrected chi connectivity index (χ1v) is 6.50. The highest BCUT2D eigenvalue weighted by Gasteiger charge is 2.21. The smallest absolute Gasteiger partial charge is 0.00162 e.